The Bertz CT molecular complexity index is 5200. The van der Waals surface area contributed by atoms with Crippen LogP contribution in [0.5, 0.6) is 0 Å². The summed E-state index contributed by atoms with van der Waals surface area (Å²) in [5, 5.41) is 55.6. The molecule has 3 aromatic heterocycles. The monoisotopic (exact) mass is 1170 g/mol. The van der Waals surface area contributed by atoms with Crippen LogP contribution in [-0.4, -0.2) is 19.1 Å². The second kappa shape index (κ2) is 22.7. The Kier molecular flexibility index (Phi) is 13.7. The second-order valence-corrected chi connectivity index (χ2v) is 21.8. The van der Waals surface area contributed by atoms with Crippen LogP contribution >= 0.6 is 0 Å². The SMILES string of the molecule is [C-]#[N+]c1cc(C#N)cc(-c2ccc3c(c2)c2cc(-c4cc(C#N)cc(C#N)c4)ccc2n3-c2cc(-c3nc(-c4ccccc4)cc(-c4ccccc4)n3)cc(-n3c4ccc(-c5cc(C#N)cc([N+]#[C-])c5)cc4c4cc(-c5cc([N+]#[C-])cc([N+]#[C-])c5)ccc43)c2C#N)c1. The summed E-state index contributed by atoms with van der Waals surface area (Å²) < 4.78 is 4.10. The molecule has 0 fully saturated rings. The number of hydrogen-bond acceptors (Lipinski definition) is 7. The minimum atomic E-state index is 0.258. The zero-order chi connectivity index (χ0) is 63.1. The topological polar surface area (TPSA) is 172 Å². The third-order valence-corrected chi connectivity index (χ3v) is 16.4. The number of nitriles is 5. The highest BCUT2D eigenvalue weighted by molar-refractivity contribution is 6.14. The van der Waals surface area contributed by atoms with Gasteiger partial charge < -0.3 is 9.13 Å². The average Bonchev–Trinajstić information content (AvgIpc) is 1.59. The van der Waals surface area contributed by atoms with E-state index in [0.717, 1.165) is 49.4 Å². The molecule has 0 bridgehead atoms. The number of nitrogens with zero attached hydrogens (tertiary/aromatic N) is 13. The maximum Gasteiger partial charge on any atom is 0.189 e. The van der Waals surface area contributed by atoms with Crippen LogP contribution < -0.4 is 0 Å². The molecule has 3 heterocycles. The van der Waals surface area contributed by atoms with Crippen molar-refractivity contribution in [1.29, 1.82) is 26.3 Å². The lowest BCUT2D eigenvalue weighted by molar-refractivity contribution is 1.11. The van der Waals surface area contributed by atoms with E-state index >= 15 is 0 Å². The highest BCUT2D eigenvalue weighted by Gasteiger charge is 2.26. The van der Waals surface area contributed by atoms with Gasteiger partial charge in [-0.3, -0.25) is 0 Å². The third-order valence-electron chi connectivity index (χ3n) is 16.4. The van der Waals surface area contributed by atoms with Gasteiger partial charge in [0.15, 0.2) is 28.6 Å². The van der Waals surface area contributed by atoms with E-state index in [4.69, 9.17) is 36.3 Å². The fourth-order valence-corrected chi connectivity index (χ4v) is 12.2. The molecule has 0 N–H and O–H groups in total. The normalized spacial score (nSPS) is 10.7. The van der Waals surface area contributed by atoms with E-state index in [1.807, 2.05) is 156 Å². The first-order valence-electron chi connectivity index (χ1n) is 28.6. The summed E-state index contributed by atoms with van der Waals surface area (Å²) in [5.41, 5.74) is 15.5. The molecule has 0 spiro atoms. The van der Waals surface area contributed by atoms with E-state index < -0.39 is 0 Å². The first kappa shape index (κ1) is 55.4. The van der Waals surface area contributed by atoms with Crippen molar-refractivity contribution in [3.63, 3.8) is 0 Å². The van der Waals surface area contributed by atoms with Crippen molar-refractivity contribution >= 4 is 66.4 Å². The van der Waals surface area contributed by atoms with E-state index in [2.05, 4.69) is 54.3 Å². The molecule has 13 nitrogen and oxygen atoms in total. The van der Waals surface area contributed by atoms with Gasteiger partial charge in [-0.05, 0) is 166 Å². The van der Waals surface area contributed by atoms with E-state index in [1.165, 1.54) is 0 Å². The van der Waals surface area contributed by atoms with Gasteiger partial charge in [-0.25, -0.2) is 29.3 Å². The van der Waals surface area contributed by atoms with Gasteiger partial charge in [-0.2, -0.15) is 26.3 Å². The molecule has 0 saturated heterocycles. The Morgan fingerprint density at radius 2 is 0.609 bits per heavy atom. The van der Waals surface area contributed by atoms with Crippen molar-refractivity contribution in [2.24, 2.45) is 0 Å². The minimum absolute atomic E-state index is 0.258. The number of rotatable bonds is 9. The number of benzene rings is 11. The zero-order valence-corrected chi connectivity index (χ0v) is 48.2. The van der Waals surface area contributed by atoms with E-state index in [0.29, 0.717) is 129 Å². The standard InChI is InChI=1S/C79H37N13/c1-85-62-28-49(44-82)26-58(30-62)54-16-20-74-67(35-54)66-34-53(57-24-47(42-80)23-48(25-57)43-81)15-19-73(66)91(74)77-38-61(79-89-71(51-11-7-5-8-12-51)41-72(90-79)52-13-9-6-10-14-52)39-78(70(77)46-84)92-75-21-17-55(59-27-50(45-83)29-63(31-59)86-2)36-68(75)69-37-56(18-22-76(69)92)60-32-64(87-3)40-65(33-60)88-4/h5-41H. The van der Waals surface area contributed by atoms with Crippen molar-refractivity contribution in [3.8, 4) is 120 Å². The van der Waals surface area contributed by atoms with Crippen LogP contribution in [0.1, 0.15) is 27.8 Å². The predicted octanol–water partition coefficient (Wildman–Crippen LogP) is 19.9. The summed E-state index contributed by atoms with van der Waals surface area (Å²) in [6, 6.07) is 80.8. The smallest absolute Gasteiger partial charge is 0.189 e. The lowest BCUT2D eigenvalue weighted by Gasteiger charge is -2.19. The van der Waals surface area contributed by atoms with Crippen molar-refractivity contribution in [3.05, 3.63) is 298 Å². The van der Waals surface area contributed by atoms with Crippen LogP contribution in [0.4, 0.5) is 22.7 Å². The van der Waals surface area contributed by atoms with Crippen molar-refractivity contribution in [2.75, 3.05) is 0 Å². The molecule has 92 heavy (non-hydrogen) atoms. The van der Waals surface area contributed by atoms with Crippen LogP contribution in [0.25, 0.3) is 153 Å². The summed E-state index contributed by atoms with van der Waals surface area (Å²) in [4.78, 5) is 25.5. The van der Waals surface area contributed by atoms with Crippen molar-refractivity contribution in [2.45, 2.75) is 0 Å². The molecule has 0 saturated carbocycles. The lowest BCUT2D eigenvalue weighted by Crippen LogP contribution is -2.06. The Labute approximate surface area is 527 Å². The number of hydrogen-bond donors (Lipinski definition) is 0. The molecular weight excluding hydrogens is 1130 g/mol. The molecule has 0 aliphatic rings. The van der Waals surface area contributed by atoms with Gasteiger partial charge in [-0.1, -0.05) is 103 Å². The molecule has 0 amide bonds. The largest absolute Gasteiger partial charge is 0.308 e. The molecule has 13 heteroatoms. The Morgan fingerprint density at radius 3 is 0.946 bits per heavy atom. The molecule has 0 radical (unpaired) electrons. The fraction of sp³-hybridized carbons (Fsp3) is 0. The molecule has 0 aliphatic heterocycles. The highest BCUT2D eigenvalue weighted by Crippen LogP contribution is 2.45. The van der Waals surface area contributed by atoms with Crippen LogP contribution in [0, 0.1) is 82.9 Å². The first-order chi connectivity index (χ1) is 45.1. The highest BCUT2D eigenvalue weighted by atomic mass is 15.0. The van der Waals surface area contributed by atoms with Crippen molar-refractivity contribution in [1.82, 2.24) is 19.1 Å². The third kappa shape index (κ3) is 9.74. The summed E-state index contributed by atoms with van der Waals surface area (Å²) >= 11 is 0. The first-order valence-corrected chi connectivity index (χ1v) is 28.6. The van der Waals surface area contributed by atoms with Gasteiger partial charge in [0.2, 0.25) is 0 Å². The summed E-state index contributed by atoms with van der Waals surface area (Å²) in [5.74, 6) is 0.356. The molecule has 14 aromatic rings. The molecule has 14 rings (SSSR count). The number of fused-ring (bicyclic) bond motifs is 6. The van der Waals surface area contributed by atoms with Gasteiger partial charge in [0.05, 0.1) is 107 Å². The van der Waals surface area contributed by atoms with Gasteiger partial charge >= 0.3 is 0 Å². The van der Waals surface area contributed by atoms with Gasteiger partial charge in [-0.15, -0.1) is 0 Å². The van der Waals surface area contributed by atoms with Gasteiger partial charge in [0, 0.05) is 49.4 Å². The van der Waals surface area contributed by atoms with Gasteiger partial charge in [0.1, 0.15) is 11.6 Å². The van der Waals surface area contributed by atoms with Crippen LogP contribution in [0.2, 0.25) is 0 Å². The fourth-order valence-electron chi connectivity index (χ4n) is 12.2. The quantitative estimate of drug-likeness (QED) is 0.129. The second-order valence-electron chi connectivity index (χ2n) is 21.8. The summed E-state index contributed by atoms with van der Waals surface area (Å²) in [6.07, 6.45) is 0. The lowest BCUT2D eigenvalue weighted by atomic mass is 9.97. The van der Waals surface area contributed by atoms with Crippen molar-refractivity contribution < 1.29 is 0 Å². The molecule has 0 aliphatic carbocycles. The van der Waals surface area contributed by atoms with E-state index in [-0.39, 0.29) is 5.56 Å². The van der Waals surface area contributed by atoms with E-state index in [9.17, 15) is 26.3 Å². The summed E-state index contributed by atoms with van der Waals surface area (Å²) in [6.45, 7) is 31.6. The Morgan fingerprint density at radius 1 is 0.283 bits per heavy atom. The summed E-state index contributed by atoms with van der Waals surface area (Å²) in [7, 11) is 0. The molecule has 0 unspecified atom stereocenters. The predicted molar refractivity (Wildman–Crippen MR) is 357 cm³/mol. The van der Waals surface area contributed by atoms with Crippen LogP contribution in [-0.2, 0) is 0 Å². The van der Waals surface area contributed by atoms with Crippen LogP contribution in [0.15, 0.2) is 224 Å². The Hall–Kier alpha value is -14.5. The maximum absolute atomic E-state index is 12.2. The average molecular weight is 1170 g/mol. The molecule has 11 aromatic carbocycles. The molecular formula is C79H37N13. The van der Waals surface area contributed by atoms with Gasteiger partial charge in [0.25, 0.3) is 0 Å². The number of aromatic nitrogens is 4. The molecule has 418 valence electrons. The zero-order valence-electron chi connectivity index (χ0n) is 48.2. The molecule has 0 atom stereocenters. The minimum Gasteiger partial charge on any atom is -0.308 e. The van der Waals surface area contributed by atoms with Crippen LogP contribution in [0.3, 0.4) is 0 Å². The Balaban J connectivity index is 1.12. The maximum atomic E-state index is 12.2. The van der Waals surface area contributed by atoms with E-state index in [1.54, 1.807) is 72.8 Å².